The van der Waals surface area contributed by atoms with Gasteiger partial charge in [0.15, 0.2) is 5.65 Å². The minimum Gasteiger partial charge on any atom is -0.330 e. The van der Waals surface area contributed by atoms with E-state index >= 15 is 0 Å². The summed E-state index contributed by atoms with van der Waals surface area (Å²) in [4.78, 5) is 35.4. The van der Waals surface area contributed by atoms with E-state index in [0.29, 0.717) is 36.4 Å². The molecule has 0 saturated carbocycles. The zero-order valence-electron chi connectivity index (χ0n) is 15.6. The molecule has 0 atom stereocenters. The normalized spacial score (nSPS) is 11.1. The van der Waals surface area contributed by atoms with Crippen LogP contribution in [-0.2, 0) is 19.4 Å². The molecule has 2 heterocycles. The largest absolute Gasteiger partial charge is 0.338 e. The Morgan fingerprint density at radius 2 is 1.89 bits per heavy atom. The maximum Gasteiger partial charge on any atom is 0.338 e. The number of imidazole rings is 1. The van der Waals surface area contributed by atoms with E-state index in [-0.39, 0.29) is 5.82 Å². The molecule has 8 heteroatoms. The van der Waals surface area contributed by atoms with Crippen LogP contribution in [0, 0.1) is 5.82 Å². The first-order chi connectivity index (χ1) is 12.9. The summed E-state index contributed by atoms with van der Waals surface area (Å²) in [6.45, 7) is 2.45. The summed E-state index contributed by atoms with van der Waals surface area (Å²) in [7, 11) is 3.18. The van der Waals surface area contributed by atoms with Crippen LogP contribution in [0.5, 0.6) is 0 Å². The first-order valence-electron chi connectivity index (χ1n) is 8.85. The third kappa shape index (κ3) is 3.74. The van der Waals surface area contributed by atoms with Crippen molar-refractivity contribution in [1.29, 1.82) is 0 Å². The average Bonchev–Trinajstić information content (AvgIpc) is 2.92. The summed E-state index contributed by atoms with van der Waals surface area (Å²) < 4.78 is 15.6. The van der Waals surface area contributed by atoms with Gasteiger partial charge in [-0.3, -0.25) is 4.57 Å². The highest BCUT2D eigenvalue weighted by Crippen LogP contribution is 2.13. The Bertz CT molecular complexity index is 1020. The minimum absolute atomic E-state index is 0.278. The van der Waals surface area contributed by atoms with Gasteiger partial charge in [-0.15, -0.1) is 0 Å². The second-order valence-corrected chi connectivity index (χ2v) is 6.57. The number of carbonyl (C=O) groups is 1. The van der Waals surface area contributed by atoms with Gasteiger partial charge in [-0.1, -0.05) is 19.1 Å². The predicted octanol–water partition coefficient (Wildman–Crippen LogP) is 2.46. The Kier molecular flexibility index (Phi) is 5.34. The summed E-state index contributed by atoms with van der Waals surface area (Å²) in [6.07, 6.45) is 3.50. The molecule has 142 valence electrons. The highest BCUT2D eigenvalue weighted by molar-refractivity contribution is 5.86. The van der Waals surface area contributed by atoms with Crippen LogP contribution in [0.15, 0.2) is 35.3 Å². The quantitative estimate of drug-likeness (QED) is 0.691. The zero-order valence-corrected chi connectivity index (χ0v) is 15.6. The molecule has 27 heavy (non-hydrogen) atoms. The molecule has 0 bridgehead atoms. The van der Waals surface area contributed by atoms with Crippen molar-refractivity contribution in [3.05, 3.63) is 58.2 Å². The molecule has 0 aliphatic carbocycles. The molecular weight excluding hydrogens is 349 g/mol. The molecular formula is C19H22FN5O2. The van der Waals surface area contributed by atoms with E-state index < -0.39 is 11.7 Å². The Morgan fingerprint density at radius 1 is 1.19 bits per heavy atom. The molecule has 0 aliphatic rings. The first kappa shape index (κ1) is 18.8. The van der Waals surface area contributed by atoms with Crippen LogP contribution in [0.2, 0.25) is 0 Å². The number of hydrogen-bond donors (Lipinski definition) is 0. The van der Waals surface area contributed by atoms with Crippen LogP contribution in [-0.4, -0.2) is 44.1 Å². The number of aromatic nitrogens is 4. The number of aryl methyl sites for hydroxylation is 3. The van der Waals surface area contributed by atoms with Crippen molar-refractivity contribution < 1.29 is 9.18 Å². The number of amides is 1. The van der Waals surface area contributed by atoms with Crippen molar-refractivity contribution >= 4 is 17.2 Å². The van der Waals surface area contributed by atoms with Gasteiger partial charge >= 0.3 is 11.7 Å². The van der Waals surface area contributed by atoms with Gasteiger partial charge in [-0.05, 0) is 30.5 Å². The fourth-order valence-corrected chi connectivity index (χ4v) is 2.91. The Hall–Kier alpha value is -3.03. The number of benzene rings is 1. The van der Waals surface area contributed by atoms with Crippen LogP contribution in [0.3, 0.4) is 0 Å². The van der Waals surface area contributed by atoms with Crippen LogP contribution < -0.4 is 5.69 Å². The molecule has 0 fully saturated rings. The molecule has 0 N–H and O–H groups in total. The minimum atomic E-state index is -0.442. The molecule has 3 aromatic rings. The standard InChI is InChI=1S/C19H22FN5O2/c1-4-11-24-15-12-21-16(10-7-13-5-8-14(20)9-6-13)22-17(15)25(19(24)27)18(26)23(2)3/h5-6,8-9,12H,4,7,10-11H2,1-3H3. The highest BCUT2D eigenvalue weighted by Gasteiger charge is 2.21. The van der Waals surface area contributed by atoms with Gasteiger partial charge in [0.05, 0.1) is 6.20 Å². The number of halogens is 1. The Morgan fingerprint density at radius 3 is 2.52 bits per heavy atom. The van der Waals surface area contributed by atoms with Crippen molar-refractivity contribution in [2.45, 2.75) is 32.7 Å². The molecule has 0 saturated heterocycles. The Balaban J connectivity index is 1.99. The monoisotopic (exact) mass is 371 g/mol. The molecule has 0 radical (unpaired) electrons. The maximum absolute atomic E-state index is 13.0. The summed E-state index contributed by atoms with van der Waals surface area (Å²) >= 11 is 0. The molecule has 1 amide bonds. The molecule has 0 spiro atoms. The molecule has 0 aliphatic heterocycles. The van der Waals surface area contributed by atoms with Crippen LogP contribution in [0.1, 0.15) is 24.7 Å². The van der Waals surface area contributed by atoms with Gasteiger partial charge in [0.25, 0.3) is 0 Å². The van der Waals surface area contributed by atoms with Gasteiger partial charge in [0.1, 0.15) is 17.2 Å². The Labute approximate surface area is 156 Å². The van der Waals surface area contributed by atoms with Gasteiger partial charge in [0.2, 0.25) is 0 Å². The smallest absolute Gasteiger partial charge is 0.330 e. The third-order valence-electron chi connectivity index (χ3n) is 4.30. The topological polar surface area (TPSA) is 73.0 Å². The fourth-order valence-electron chi connectivity index (χ4n) is 2.91. The van der Waals surface area contributed by atoms with Crippen LogP contribution in [0.4, 0.5) is 9.18 Å². The lowest BCUT2D eigenvalue weighted by Gasteiger charge is -2.10. The number of rotatable bonds is 5. The van der Waals surface area contributed by atoms with Gasteiger partial charge in [0, 0.05) is 27.1 Å². The summed E-state index contributed by atoms with van der Waals surface area (Å²) in [5, 5.41) is 0. The van der Waals surface area contributed by atoms with E-state index in [0.717, 1.165) is 16.6 Å². The molecule has 1 aromatic carbocycles. The highest BCUT2D eigenvalue weighted by atomic mass is 19.1. The molecule has 2 aromatic heterocycles. The maximum atomic E-state index is 13.0. The van der Waals surface area contributed by atoms with Gasteiger partial charge in [-0.2, -0.15) is 4.57 Å². The lowest BCUT2D eigenvalue weighted by Crippen LogP contribution is -2.36. The number of carbonyl (C=O) groups excluding carboxylic acids is 1. The second kappa shape index (κ2) is 7.69. The van der Waals surface area contributed by atoms with E-state index in [1.807, 2.05) is 6.92 Å². The van der Waals surface area contributed by atoms with E-state index in [2.05, 4.69) is 9.97 Å². The first-order valence-corrected chi connectivity index (χ1v) is 8.85. The number of fused-ring (bicyclic) bond motifs is 1. The van der Waals surface area contributed by atoms with Gasteiger partial charge < -0.3 is 4.90 Å². The SMILES string of the molecule is CCCn1c(=O)n(C(=O)N(C)C)c2nc(CCc3ccc(F)cc3)ncc21. The number of nitrogens with zero attached hydrogens (tertiary/aromatic N) is 5. The zero-order chi connectivity index (χ0) is 19.6. The van der Waals surface area contributed by atoms with Crippen molar-refractivity contribution in [3.8, 4) is 0 Å². The molecule has 0 unspecified atom stereocenters. The van der Waals surface area contributed by atoms with Crippen molar-refractivity contribution in [3.63, 3.8) is 0 Å². The lowest BCUT2D eigenvalue weighted by atomic mass is 10.1. The fraction of sp³-hybridized carbons (Fsp3) is 0.368. The number of hydrogen-bond acceptors (Lipinski definition) is 4. The van der Waals surface area contributed by atoms with Crippen LogP contribution in [0.25, 0.3) is 11.2 Å². The van der Waals surface area contributed by atoms with Crippen LogP contribution >= 0.6 is 0 Å². The van der Waals surface area contributed by atoms with Crippen molar-refractivity contribution in [2.24, 2.45) is 0 Å². The molecule has 7 nitrogen and oxygen atoms in total. The van der Waals surface area contributed by atoms with E-state index in [1.165, 1.54) is 21.6 Å². The summed E-state index contributed by atoms with van der Waals surface area (Å²) in [5.41, 5.74) is 1.42. The van der Waals surface area contributed by atoms with Crippen molar-refractivity contribution in [2.75, 3.05) is 14.1 Å². The predicted molar refractivity (Wildman–Crippen MR) is 100 cm³/mol. The molecule has 3 rings (SSSR count). The average molecular weight is 371 g/mol. The lowest BCUT2D eigenvalue weighted by molar-refractivity contribution is 0.219. The van der Waals surface area contributed by atoms with E-state index in [1.54, 1.807) is 32.4 Å². The van der Waals surface area contributed by atoms with E-state index in [9.17, 15) is 14.0 Å². The summed E-state index contributed by atoms with van der Waals surface area (Å²) in [5.74, 6) is 0.251. The second-order valence-electron chi connectivity index (χ2n) is 6.57. The third-order valence-corrected chi connectivity index (χ3v) is 4.30. The van der Waals surface area contributed by atoms with Crippen molar-refractivity contribution in [1.82, 2.24) is 24.0 Å². The van der Waals surface area contributed by atoms with Gasteiger partial charge in [-0.25, -0.2) is 23.9 Å². The van der Waals surface area contributed by atoms with E-state index in [4.69, 9.17) is 0 Å². The summed E-state index contributed by atoms with van der Waals surface area (Å²) in [6, 6.07) is 5.83.